The van der Waals surface area contributed by atoms with E-state index in [-0.39, 0.29) is 43.7 Å². The van der Waals surface area contributed by atoms with Gasteiger partial charge in [-0.3, -0.25) is 9.59 Å². The van der Waals surface area contributed by atoms with Crippen LogP contribution in [0, 0.1) is 5.92 Å². The zero-order chi connectivity index (χ0) is 22.9. The molecule has 170 valence electrons. The minimum Gasteiger partial charge on any atom is -0.491 e. The number of hydrogen-bond donors (Lipinski definition) is 1. The van der Waals surface area contributed by atoms with Gasteiger partial charge in [-0.15, -0.1) is 0 Å². The predicted octanol–water partition coefficient (Wildman–Crippen LogP) is 4.21. The van der Waals surface area contributed by atoms with Crippen LogP contribution in [0.4, 0.5) is 24.5 Å². The minimum atomic E-state index is -4.57. The highest BCUT2D eigenvalue weighted by molar-refractivity contribution is 6.04. The Balaban J connectivity index is 1.51. The summed E-state index contributed by atoms with van der Waals surface area (Å²) in [6, 6.07) is 7.96. The number of rotatable bonds is 6. The molecule has 2 aromatic rings. The number of nitrogens with one attached hydrogen (secondary N) is 1. The van der Waals surface area contributed by atoms with E-state index < -0.39 is 23.6 Å². The monoisotopic (exact) mass is 450 g/mol. The maximum atomic E-state index is 13.2. The van der Waals surface area contributed by atoms with Crippen molar-refractivity contribution in [1.82, 2.24) is 0 Å². The molecule has 0 saturated carbocycles. The van der Waals surface area contributed by atoms with E-state index in [4.69, 9.17) is 14.2 Å². The van der Waals surface area contributed by atoms with E-state index in [0.717, 1.165) is 12.1 Å². The molecular formula is C22H21F3N2O5. The van der Waals surface area contributed by atoms with Crippen molar-refractivity contribution in [2.45, 2.75) is 25.9 Å². The molecule has 1 unspecified atom stereocenters. The molecule has 1 N–H and O–H groups in total. The van der Waals surface area contributed by atoms with Gasteiger partial charge in [0, 0.05) is 24.7 Å². The van der Waals surface area contributed by atoms with Crippen molar-refractivity contribution in [3.05, 3.63) is 42.0 Å². The van der Waals surface area contributed by atoms with E-state index in [2.05, 4.69) is 5.32 Å². The number of benzene rings is 2. The van der Waals surface area contributed by atoms with Gasteiger partial charge >= 0.3 is 6.18 Å². The first-order chi connectivity index (χ1) is 15.3. The van der Waals surface area contributed by atoms with E-state index in [0.29, 0.717) is 23.6 Å². The molecule has 0 radical (unpaired) electrons. The smallest absolute Gasteiger partial charge is 0.416 e. The lowest BCUT2D eigenvalue weighted by Gasteiger charge is -2.18. The molecular weight excluding hydrogens is 429 g/mol. The normalized spacial score (nSPS) is 17.6. The lowest BCUT2D eigenvalue weighted by atomic mass is 10.1. The van der Waals surface area contributed by atoms with E-state index in [1.165, 1.54) is 11.0 Å². The fourth-order valence-electron chi connectivity index (χ4n) is 3.56. The second-order valence-corrected chi connectivity index (χ2v) is 7.49. The van der Waals surface area contributed by atoms with Gasteiger partial charge in [-0.25, -0.2) is 0 Å². The number of amides is 2. The predicted molar refractivity (Wildman–Crippen MR) is 109 cm³/mol. The number of hydrogen-bond acceptors (Lipinski definition) is 5. The van der Waals surface area contributed by atoms with Crippen molar-refractivity contribution in [3.63, 3.8) is 0 Å². The molecule has 1 atom stereocenters. The third-order valence-electron chi connectivity index (χ3n) is 5.19. The van der Waals surface area contributed by atoms with E-state index in [9.17, 15) is 22.8 Å². The van der Waals surface area contributed by atoms with Crippen LogP contribution in [0.3, 0.4) is 0 Å². The summed E-state index contributed by atoms with van der Waals surface area (Å²) in [7, 11) is 0. The number of fused-ring (bicyclic) bond motifs is 1. The van der Waals surface area contributed by atoms with E-state index >= 15 is 0 Å². The van der Waals surface area contributed by atoms with Crippen molar-refractivity contribution < 1.29 is 37.0 Å². The number of alkyl halides is 3. The van der Waals surface area contributed by atoms with Crippen LogP contribution in [0.15, 0.2) is 36.4 Å². The van der Waals surface area contributed by atoms with Gasteiger partial charge in [0.05, 0.1) is 23.8 Å². The molecule has 0 spiro atoms. The lowest BCUT2D eigenvalue weighted by molar-refractivity contribution is -0.137. The van der Waals surface area contributed by atoms with Crippen LogP contribution in [0.1, 0.15) is 25.3 Å². The average Bonchev–Trinajstić information content (AvgIpc) is 3.37. The van der Waals surface area contributed by atoms with Crippen LogP contribution in [0.5, 0.6) is 17.2 Å². The summed E-state index contributed by atoms with van der Waals surface area (Å²) in [6.45, 7) is 2.33. The quantitative estimate of drug-likeness (QED) is 0.714. The molecule has 32 heavy (non-hydrogen) atoms. The SMILES string of the molecule is CCCOc1ccc(C(F)(F)F)cc1NC(=O)C1CC(=O)N(c2ccc3c(c2)OCO3)C1. The second-order valence-electron chi connectivity index (χ2n) is 7.49. The summed E-state index contributed by atoms with van der Waals surface area (Å²) in [5.41, 5.74) is -0.422. The molecule has 2 aromatic carbocycles. The van der Waals surface area contributed by atoms with Crippen molar-refractivity contribution in [3.8, 4) is 17.2 Å². The summed E-state index contributed by atoms with van der Waals surface area (Å²) in [5.74, 6) is -0.340. The highest BCUT2D eigenvalue weighted by Crippen LogP contribution is 2.38. The Morgan fingerprint density at radius 1 is 1.19 bits per heavy atom. The Labute approximate surface area is 182 Å². The molecule has 7 nitrogen and oxygen atoms in total. The maximum absolute atomic E-state index is 13.2. The number of anilines is 2. The van der Waals surface area contributed by atoms with E-state index in [1.807, 2.05) is 6.92 Å². The largest absolute Gasteiger partial charge is 0.491 e. The van der Waals surface area contributed by atoms with Crippen LogP contribution in [0.25, 0.3) is 0 Å². The standard InChI is InChI=1S/C22H21F3N2O5/c1-2-7-30-17-5-3-14(22(23,24)25)9-16(17)26-21(29)13-8-20(28)27(11-13)15-4-6-18-19(10-15)32-12-31-18/h3-6,9-10,13H,2,7-8,11-12H2,1H3,(H,26,29). The van der Waals surface area contributed by atoms with Gasteiger partial charge < -0.3 is 24.4 Å². The molecule has 0 aromatic heterocycles. The molecule has 1 saturated heterocycles. The van der Waals surface area contributed by atoms with Crippen LogP contribution < -0.4 is 24.4 Å². The van der Waals surface area contributed by atoms with Gasteiger partial charge in [0.1, 0.15) is 5.75 Å². The number of ether oxygens (including phenoxy) is 3. The first kappa shape index (κ1) is 21.8. The molecule has 10 heteroatoms. The number of carbonyl (C=O) groups is 2. The first-order valence-corrected chi connectivity index (χ1v) is 10.1. The molecule has 0 bridgehead atoms. The summed E-state index contributed by atoms with van der Waals surface area (Å²) in [5, 5.41) is 2.52. The Morgan fingerprint density at radius 2 is 1.97 bits per heavy atom. The highest BCUT2D eigenvalue weighted by atomic mass is 19.4. The Morgan fingerprint density at radius 3 is 2.72 bits per heavy atom. The third-order valence-corrected chi connectivity index (χ3v) is 5.19. The summed E-state index contributed by atoms with van der Waals surface area (Å²) < 4.78 is 55.5. The van der Waals surface area contributed by atoms with Crippen molar-refractivity contribution in [2.75, 3.05) is 30.2 Å². The number of carbonyl (C=O) groups excluding carboxylic acids is 2. The molecule has 2 heterocycles. The Kier molecular flexibility index (Phi) is 5.86. The summed E-state index contributed by atoms with van der Waals surface area (Å²) in [6.07, 6.45) is -3.98. The fourth-order valence-corrected chi connectivity index (χ4v) is 3.56. The maximum Gasteiger partial charge on any atom is 0.416 e. The molecule has 2 aliphatic heterocycles. The van der Waals surface area contributed by atoms with Crippen molar-refractivity contribution >= 4 is 23.2 Å². The molecule has 1 fully saturated rings. The topological polar surface area (TPSA) is 77.1 Å². The van der Waals surface area contributed by atoms with Crippen LogP contribution >= 0.6 is 0 Å². The van der Waals surface area contributed by atoms with E-state index in [1.54, 1.807) is 18.2 Å². The average molecular weight is 450 g/mol. The summed E-state index contributed by atoms with van der Waals surface area (Å²) in [4.78, 5) is 26.8. The molecule has 2 amide bonds. The fraction of sp³-hybridized carbons (Fsp3) is 0.364. The zero-order valence-electron chi connectivity index (χ0n) is 17.2. The Hall–Kier alpha value is -3.43. The van der Waals surface area contributed by atoms with Gasteiger partial charge in [-0.2, -0.15) is 13.2 Å². The van der Waals surface area contributed by atoms with Crippen LogP contribution in [-0.2, 0) is 15.8 Å². The number of nitrogens with zero attached hydrogens (tertiary/aromatic N) is 1. The molecule has 2 aliphatic rings. The third kappa shape index (κ3) is 4.44. The van der Waals surface area contributed by atoms with Gasteiger partial charge in [-0.05, 0) is 36.8 Å². The van der Waals surface area contributed by atoms with Crippen LogP contribution in [0.2, 0.25) is 0 Å². The summed E-state index contributed by atoms with van der Waals surface area (Å²) >= 11 is 0. The highest BCUT2D eigenvalue weighted by Gasteiger charge is 2.37. The molecule has 4 rings (SSSR count). The van der Waals surface area contributed by atoms with Crippen molar-refractivity contribution in [1.29, 1.82) is 0 Å². The second kappa shape index (κ2) is 8.60. The zero-order valence-corrected chi connectivity index (χ0v) is 17.2. The van der Waals surface area contributed by atoms with Gasteiger partial charge in [-0.1, -0.05) is 6.92 Å². The Bertz CT molecular complexity index is 1040. The van der Waals surface area contributed by atoms with Crippen molar-refractivity contribution in [2.24, 2.45) is 5.92 Å². The lowest BCUT2D eigenvalue weighted by Crippen LogP contribution is -2.28. The molecule has 0 aliphatic carbocycles. The number of halogens is 3. The van der Waals surface area contributed by atoms with Gasteiger partial charge in [0.15, 0.2) is 11.5 Å². The van der Waals surface area contributed by atoms with Gasteiger partial charge in [0.2, 0.25) is 18.6 Å². The van der Waals surface area contributed by atoms with Crippen LogP contribution in [-0.4, -0.2) is 31.8 Å². The first-order valence-electron chi connectivity index (χ1n) is 10.1. The minimum absolute atomic E-state index is 0.0651. The van der Waals surface area contributed by atoms with Gasteiger partial charge in [0.25, 0.3) is 0 Å².